The fourth-order valence-corrected chi connectivity index (χ4v) is 6.76. The molecule has 0 aromatic carbocycles. The van der Waals surface area contributed by atoms with Crippen LogP contribution in [-0.4, -0.2) is 23.0 Å². The molecule has 0 N–H and O–H groups in total. The molecule has 0 amide bonds. The summed E-state index contributed by atoms with van der Waals surface area (Å²) in [5, 5.41) is 0. The predicted molar refractivity (Wildman–Crippen MR) is 111 cm³/mol. The molecule has 0 aliphatic heterocycles. The Hall–Kier alpha value is 0.700. The van der Waals surface area contributed by atoms with E-state index in [4.69, 9.17) is 0 Å². The maximum Gasteiger partial charge on any atom is -0.00361 e. The van der Waals surface area contributed by atoms with Crippen LogP contribution in [0, 0.1) is 23.7 Å². The van der Waals surface area contributed by atoms with Gasteiger partial charge in [0, 0.05) is 0 Å². The summed E-state index contributed by atoms with van der Waals surface area (Å²) in [5.41, 5.74) is 0. The van der Waals surface area contributed by atoms with Crippen LogP contribution in [0.4, 0.5) is 0 Å². The van der Waals surface area contributed by atoms with Crippen LogP contribution in [0.5, 0.6) is 0 Å². The van der Waals surface area contributed by atoms with Gasteiger partial charge in [0.2, 0.25) is 0 Å². The largest absolute Gasteiger partial charge is 0.162 e. The number of unbranched alkanes of at least 4 members (excludes halogenated alkanes) is 6. The lowest BCUT2D eigenvalue weighted by atomic mass is 9.81. The van der Waals surface area contributed by atoms with E-state index in [9.17, 15) is 0 Å². The summed E-state index contributed by atoms with van der Waals surface area (Å²) in [6.45, 7) is 4.62. The molecular formula is C21H40S2. The molecule has 4 atom stereocenters. The van der Waals surface area contributed by atoms with Crippen LogP contribution in [0.1, 0.15) is 84.5 Å². The van der Waals surface area contributed by atoms with Crippen molar-refractivity contribution in [1.82, 2.24) is 0 Å². The lowest BCUT2D eigenvalue weighted by molar-refractivity contribution is 0.274. The molecule has 2 heteroatoms. The van der Waals surface area contributed by atoms with Crippen molar-refractivity contribution >= 4 is 23.5 Å². The molecule has 0 aromatic rings. The Labute approximate surface area is 154 Å². The molecule has 4 unspecified atom stereocenters. The van der Waals surface area contributed by atoms with Crippen molar-refractivity contribution < 1.29 is 0 Å². The summed E-state index contributed by atoms with van der Waals surface area (Å²) in [7, 11) is 0. The molecule has 2 fully saturated rings. The Morgan fingerprint density at radius 2 is 1.09 bits per heavy atom. The molecule has 136 valence electrons. The van der Waals surface area contributed by atoms with Crippen LogP contribution in [0.2, 0.25) is 0 Å². The van der Waals surface area contributed by atoms with E-state index >= 15 is 0 Å². The number of thioether (sulfide) groups is 2. The normalized spacial score (nSPS) is 29.5. The van der Waals surface area contributed by atoms with Gasteiger partial charge in [-0.3, -0.25) is 0 Å². The van der Waals surface area contributed by atoms with Crippen LogP contribution in [0.3, 0.4) is 0 Å². The predicted octanol–water partition coefficient (Wildman–Crippen LogP) is 7.28. The minimum atomic E-state index is 1.05. The van der Waals surface area contributed by atoms with Gasteiger partial charge in [-0.05, 0) is 78.8 Å². The molecule has 2 rings (SSSR count). The van der Waals surface area contributed by atoms with Crippen LogP contribution >= 0.6 is 23.5 Å². The average molecular weight is 357 g/mol. The van der Waals surface area contributed by atoms with E-state index in [0.29, 0.717) is 0 Å². The summed E-state index contributed by atoms with van der Waals surface area (Å²) < 4.78 is 0. The van der Waals surface area contributed by atoms with Crippen LogP contribution in [-0.2, 0) is 0 Å². The van der Waals surface area contributed by atoms with Gasteiger partial charge >= 0.3 is 0 Å². The molecule has 2 aliphatic rings. The third-order valence-electron chi connectivity index (χ3n) is 5.90. The zero-order valence-corrected chi connectivity index (χ0v) is 17.4. The Kier molecular flexibility index (Phi) is 10.5. The molecule has 0 bridgehead atoms. The molecule has 0 heterocycles. The monoisotopic (exact) mass is 356 g/mol. The van der Waals surface area contributed by atoms with E-state index in [1.54, 1.807) is 19.3 Å². The fraction of sp³-hybridized carbons (Fsp3) is 1.00. The lowest BCUT2D eigenvalue weighted by Crippen LogP contribution is -2.25. The topological polar surface area (TPSA) is 0 Å². The van der Waals surface area contributed by atoms with Crippen molar-refractivity contribution in [3.05, 3.63) is 0 Å². The van der Waals surface area contributed by atoms with E-state index in [1.807, 2.05) is 0 Å². The maximum atomic E-state index is 2.31. The first kappa shape index (κ1) is 20.0. The minimum absolute atomic E-state index is 1.05. The van der Waals surface area contributed by atoms with E-state index in [2.05, 4.69) is 37.4 Å². The Balaban J connectivity index is 1.56. The zero-order chi connectivity index (χ0) is 16.3. The highest BCUT2D eigenvalue weighted by Crippen LogP contribution is 2.54. The van der Waals surface area contributed by atoms with Crippen LogP contribution in [0.15, 0.2) is 0 Å². The lowest BCUT2D eigenvalue weighted by Gasteiger charge is -2.31. The summed E-state index contributed by atoms with van der Waals surface area (Å²) in [6.07, 6.45) is 16.2. The molecule has 0 spiro atoms. The van der Waals surface area contributed by atoms with Gasteiger partial charge in [-0.1, -0.05) is 52.4 Å². The van der Waals surface area contributed by atoms with Crippen molar-refractivity contribution in [3.8, 4) is 0 Å². The van der Waals surface area contributed by atoms with Crippen molar-refractivity contribution in [1.29, 1.82) is 0 Å². The van der Waals surface area contributed by atoms with Gasteiger partial charge in [0.05, 0.1) is 0 Å². The van der Waals surface area contributed by atoms with Gasteiger partial charge < -0.3 is 0 Å². The number of hydrogen-bond donors (Lipinski definition) is 0. The molecule has 0 nitrogen and oxygen atoms in total. The van der Waals surface area contributed by atoms with Gasteiger partial charge in [0.15, 0.2) is 0 Å². The number of hydrogen-bond acceptors (Lipinski definition) is 2. The average Bonchev–Trinajstić information content (AvgIpc) is 3.32. The number of fused-ring (bicyclic) bond motifs is 1. The first-order valence-electron chi connectivity index (χ1n) is 10.5. The minimum Gasteiger partial charge on any atom is -0.162 e. The van der Waals surface area contributed by atoms with Gasteiger partial charge in [0.1, 0.15) is 0 Å². The molecular weight excluding hydrogens is 316 g/mol. The van der Waals surface area contributed by atoms with Crippen LogP contribution in [0.25, 0.3) is 0 Å². The standard InChI is InChI=1S/C21H40S2/c1-3-5-7-9-11-22-16-20-14-18-13-19(18)15-21(20)17-23-12-10-8-6-4-2/h18-21H,3-17H2,1-2H3. The Bertz CT molecular complexity index is 264. The third-order valence-corrected chi connectivity index (χ3v) is 8.38. The second-order valence-electron chi connectivity index (χ2n) is 8.02. The van der Waals surface area contributed by atoms with E-state index < -0.39 is 0 Å². The van der Waals surface area contributed by atoms with Gasteiger partial charge in [-0.2, -0.15) is 23.5 Å². The Morgan fingerprint density at radius 3 is 1.52 bits per heavy atom. The molecule has 23 heavy (non-hydrogen) atoms. The molecule has 2 saturated carbocycles. The second-order valence-corrected chi connectivity index (χ2v) is 10.3. The summed E-state index contributed by atoms with van der Waals surface area (Å²) in [6, 6.07) is 0. The molecule has 0 saturated heterocycles. The Morgan fingerprint density at radius 1 is 0.609 bits per heavy atom. The van der Waals surface area contributed by atoms with Gasteiger partial charge in [0.25, 0.3) is 0 Å². The quantitative estimate of drug-likeness (QED) is 0.300. The van der Waals surface area contributed by atoms with Gasteiger partial charge in [-0.25, -0.2) is 0 Å². The summed E-state index contributed by atoms with van der Waals surface area (Å²) in [5.74, 6) is 10.2. The molecule has 0 radical (unpaired) electrons. The first-order chi connectivity index (χ1) is 11.3. The fourth-order valence-electron chi connectivity index (χ4n) is 4.19. The molecule has 2 aliphatic carbocycles. The first-order valence-corrected chi connectivity index (χ1v) is 12.8. The van der Waals surface area contributed by atoms with Crippen molar-refractivity contribution in [2.45, 2.75) is 84.5 Å². The maximum absolute atomic E-state index is 2.31. The highest BCUT2D eigenvalue weighted by atomic mass is 32.2. The van der Waals surface area contributed by atoms with E-state index in [-0.39, 0.29) is 0 Å². The zero-order valence-electron chi connectivity index (χ0n) is 15.7. The van der Waals surface area contributed by atoms with Gasteiger partial charge in [-0.15, -0.1) is 0 Å². The summed E-state index contributed by atoms with van der Waals surface area (Å²) >= 11 is 4.55. The van der Waals surface area contributed by atoms with Crippen molar-refractivity contribution in [2.75, 3.05) is 23.0 Å². The smallest absolute Gasteiger partial charge is 0.00361 e. The SMILES string of the molecule is CCCCCCSCC1CC2CC2CC1CSCCCCCC. The summed E-state index contributed by atoms with van der Waals surface area (Å²) in [4.78, 5) is 0. The van der Waals surface area contributed by atoms with E-state index in [0.717, 1.165) is 23.7 Å². The highest BCUT2D eigenvalue weighted by Gasteiger charge is 2.45. The number of rotatable bonds is 14. The van der Waals surface area contributed by atoms with Crippen LogP contribution < -0.4 is 0 Å². The molecule has 0 aromatic heterocycles. The van der Waals surface area contributed by atoms with E-state index in [1.165, 1.54) is 74.4 Å². The van der Waals surface area contributed by atoms with Crippen molar-refractivity contribution in [3.63, 3.8) is 0 Å². The third kappa shape index (κ3) is 8.08. The highest BCUT2D eigenvalue weighted by molar-refractivity contribution is 7.99. The van der Waals surface area contributed by atoms with Crippen molar-refractivity contribution in [2.24, 2.45) is 23.7 Å². The second kappa shape index (κ2) is 12.1.